The largest absolute Gasteiger partial charge is 0.467 e. The number of esters is 1. The fourth-order valence-electron chi connectivity index (χ4n) is 2.93. The van der Waals surface area contributed by atoms with E-state index >= 15 is 0 Å². The molecule has 1 heterocycles. The van der Waals surface area contributed by atoms with E-state index in [1.165, 1.54) is 30.3 Å². The van der Waals surface area contributed by atoms with Gasteiger partial charge in [-0.25, -0.2) is 4.79 Å². The van der Waals surface area contributed by atoms with E-state index in [1.54, 1.807) is 18.2 Å². The van der Waals surface area contributed by atoms with Crippen LogP contribution >= 0.6 is 0 Å². The van der Waals surface area contributed by atoms with E-state index in [2.05, 4.69) is 0 Å². The van der Waals surface area contributed by atoms with Gasteiger partial charge in [-0.05, 0) is 17.7 Å². The number of ether oxygens (including phenoxy) is 1. The Kier molecular flexibility index (Phi) is 4.49. The Hall–Kier alpha value is -3.55. The van der Waals surface area contributed by atoms with E-state index < -0.39 is 28.7 Å². The monoisotopic (exact) mass is 354 g/mol. The molecule has 0 spiro atoms. The molecule has 1 atom stereocenters. The SMILES string of the molecule is COC(=O)C(Cc1cccc([N+](=O)[O-])c1)N1C(=O)c2ccccc2C1=O. The van der Waals surface area contributed by atoms with Crippen molar-refractivity contribution in [2.75, 3.05) is 7.11 Å². The smallest absolute Gasteiger partial charge is 0.329 e. The molecule has 1 aliphatic heterocycles. The first kappa shape index (κ1) is 17.3. The minimum atomic E-state index is -1.21. The first-order valence-corrected chi connectivity index (χ1v) is 7.72. The van der Waals surface area contributed by atoms with E-state index in [0.29, 0.717) is 5.56 Å². The highest BCUT2D eigenvalue weighted by Crippen LogP contribution is 2.27. The van der Waals surface area contributed by atoms with Gasteiger partial charge in [0.25, 0.3) is 17.5 Å². The molecule has 0 N–H and O–H groups in total. The van der Waals surface area contributed by atoms with Crippen LogP contribution in [0.3, 0.4) is 0 Å². The number of amides is 2. The number of carbonyl (C=O) groups is 3. The quantitative estimate of drug-likeness (QED) is 0.352. The van der Waals surface area contributed by atoms with E-state index in [-0.39, 0.29) is 23.2 Å². The minimum absolute atomic E-state index is 0.0835. The number of hydrogen-bond donors (Lipinski definition) is 0. The second-order valence-electron chi connectivity index (χ2n) is 5.70. The maximum absolute atomic E-state index is 12.6. The number of imide groups is 1. The second-order valence-corrected chi connectivity index (χ2v) is 5.70. The molecule has 0 saturated carbocycles. The standard InChI is InChI=1S/C18H14N2O6/c1-26-18(23)15(10-11-5-4-6-12(9-11)20(24)25)19-16(21)13-7-2-3-8-14(13)17(19)22/h2-9,15H,10H2,1H3. The molecule has 0 aliphatic carbocycles. The third-order valence-electron chi connectivity index (χ3n) is 4.16. The van der Waals surface area contributed by atoms with Gasteiger partial charge in [0.15, 0.2) is 0 Å². The summed E-state index contributed by atoms with van der Waals surface area (Å²) in [5, 5.41) is 10.9. The van der Waals surface area contributed by atoms with Crippen LogP contribution in [-0.4, -0.2) is 40.8 Å². The number of carbonyl (C=O) groups excluding carboxylic acids is 3. The van der Waals surface area contributed by atoms with Crippen LogP contribution in [0.15, 0.2) is 48.5 Å². The Bertz CT molecular complexity index is 888. The highest BCUT2D eigenvalue weighted by atomic mass is 16.6. The van der Waals surface area contributed by atoms with Crippen molar-refractivity contribution in [2.24, 2.45) is 0 Å². The number of non-ortho nitro benzene ring substituents is 1. The van der Waals surface area contributed by atoms with Gasteiger partial charge in [-0.3, -0.25) is 24.6 Å². The lowest BCUT2D eigenvalue weighted by molar-refractivity contribution is -0.384. The molecular weight excluding hydrogens is 340 g/mol. The van der Waals surface area contributed by atoms with Crippen molar-refractivity contribution >= 4 is 23.5 Å². The van der Waals surface area contributed by atoms with Crippen molar-refractivity contribution in [2.45, 2.75) is 12.5 Å². The molecule has 3 rings (SSSR count). The summed E-state index contributed by atoms with van der Waals surface area (Å²) in [6.07, 6.45) is -0.0835. The normalized spacial score (nSPS) is 14.1. The van der Waals surface area contributed by atoms with Gasteiger partial charge >= 0.3 is 5.97 Å². The van der Waals surface area contributed by atoms with Crippen LogP contribution in [0.4, 0.5) is 5.69 Å². The van der Waals surface area contributed by atoms with Crippen molar-refractivity contribution in [3.63, 3.8) is 0 Å². The molecule has 0 fully saturated rings. The van der Waals surface area contributed by atoms with Gasteiger partial charge in [-0.1, -0.05) is 24.3 Å². The number of nitro benzene ring substituents is 1. The third-order valence-corrected chi connectivity index (χ3v) is 4.16. The number of fused-ring (bicyclic) bond motifs is 1. The Morgan fingerprint density at radius 3 is 2.27 bits per heavy atom. The number of hydrogen-bond acceptors (Lipinski definition) is 6. The van der Waals surface area contributed by atoms with Crippen molar-refractivity contribution < 1.29 is 24.0 Å². The average Bonchev–Trinajstić information content (AvgIpc) is 2.90. The van der Waals surface area contributed by atoms with Gasteiger partial charge in [0.2, 0.25) is 0 Å². The molecule has 2 aromatic carbocycles. The van der Waals surface area contributed by atoms with Gasteiger partial charge in [-0.2, -0.15) is 0 Å². The molecule has 0 aromatic heterocycles. The molecule has 8 heteroatoms. The first-order chi connectivity index (χ1) is 12.4. The summed E-state index contributed by atoms with van der Waals surface area (Å²) in [7, 11) is 1.15. The molecule has 8 nitrogen and oxygen atoms in total. The summed E-state index contributed by atoms with van der Waals surface area (Å²) in [6.45, 7) is 0. The molecular formula is C18H14N2O6. The predicted molar refractivity (Wildman–Crippen MR) is 89.5 cm³/mol. The Labute approximate surface area is 148 Å². The average molecular weight is 354 g/mol. The van der Waals surface area contributed by atoms with E-state index in [0.717, 1.165) is 12.0 Å². The van der Waals surface area contributed by atoms with Gasteiger partial charge in [0.05, 0.1) is 23.2 Å². The van der Waals surface area contributed by atoms with Crippen molar-refractivity contribution in [3.8, 4) is 0 Å². The fraction of sp³-hybridized carbons (Fsp3) is 0.167. The first-order valence-electron chi connectivity index (χ1n) is 7.72. The number of methoxy groups -OCH3 is 1. The summed E-state index contributed by atoms with van der Waals surface area (Å²) in [6, 6.07) is 10.7. The van der Waals surface area contributed by atoms with Gasteiger partial charge in [0, 0.05) is 18.6 Å². The highest BCUT2D eigenvalue weighted by molar-refractivity contribution is 6.22. The van der Waals surface area contributed by atoms with Crippen LogP contribution in [0.5, 0.6) is 0 Å². The van der Waals surface area contributed by atoms with Gasteiger partial charge < -0.3 is 4.74 Å². The van der Waals surface area contributed by atoms with Crippen molar-refractivity contribution in [3.05, 3.63) is 75.3 Å². The molecule has 0 saturated heterocycles. The maximum atomic E-state index is 12.6. The summed E-state index contributed by atoms with van der Waals surface area (Å²) in [5.74, 6) is -1.95. The highest BCUT2D eigenvalue weighted by Gasteiger charge is 2.43. The number of rotatable bonds is 5. The molecule has 0 radical (unpaired) electrons. The molecule has 0 bridgehead atoms. The van der Waals surface area contributed by atoms with Crippen molar-refractivity contribution in [1.29, 1.82) is 0 Å². The molecule has 26 heavy (non-hydrogen) atoms. The minimum Gasteiger partial charge on any atom is -0.467 e. The van der Waals surface area contributed by atoms with Crippen molar-refractivity contribution in [1.82, 2.24) is 4.90 Å². The molecule has 2 amide bonds. The summed E-state index contributed by atoms with van der Waals surface area (Å²) in [5.41, 5.74) is 0.718. The summed E-state index contributed by atoms with van der Waals surface area (Å²) in [4.78, 5) is 48.7. The van der Waals surface area contributed by atoms with Crippen LogP contribution in [-0.2, 0) is 16.0 Å². The van der Waals surface area contributed by atoms with Crippen LogP contribution in [0.1, 0.15) is 26.3 Å². The molecule has 2 aromatic rings. The van der Waals surface area contributed by atoms with Crippen LogP contribution < -0.4 is 0 Å². The third kappa shape index (κ3) is 2.92. The summed E-state index contributed by atoms with van der Waals surface area (Å²) >= 11 is 0. The fourth-order valence-corrected chi connectivity index (χ4v) is 2.93. The lowest BCUT2D eigenvalue weighted by Crippen LogP contribution is -2.46. The summed E-state index contributed by atoms with van der Waals surface area (Å²) < 4.78 is 4.75. The van der Waals surface area contributed by atoms with Crippen LogP contribution in [0, 0.1) is 10.1 Å². The molecule has 1 unspecified atom stereocenters. The number of nitro groups is 1. The number of benzene rings is 2. The predicted octanol–water partition coefficient (Wildman–Crippen LogP) is 1.98. The zero-order valence-corrected chi connectivity index (χ0v) is 13.7. The van der Waals surface area contributed by atoms with Crippen LogP contribution in [0.2, 0.25) is 0 Å². The van der Waals surface area contributed by atoms with E-state index in [1.807, 2.05) is 0 Å². The lowest BCUT2D eigenvalue weighted by atomic mass is 10.0. The van der Waals surface area contributed by atoms with Gasteiger partial charge in [-0.15, -0.1) is 0 Å². The molecule has 132 valence electrons. The van der Waals surface area contributed by atoms with E-state index in [9.17, 15) is 24.5 Å². The zero-order chi connectivity index (χ0) is 18.8. The lowest BCUT2D eigenvalue weighted by Gasteiger charge is -2.24. The topological polar surface area (TPSA) is 107 Å². The zero-order valence-electron chi connectivity index (χ0n) is 13.7. The van der Waals surface area contributed by atoms with E-state index in [4.69, 9.17) is 4.74 Å². The van der Waals surface area contributed by atoms with Crippen LogP contribution in [0.25, 0.3) is 0 Å². The molecule has 1 aliphatic rings. The Morgan fingerprint density at radius 2 is 1.73 bits per heavy atom. The number of nitrogens with zero attached hydrogens (tertiary/aromatic N) is 2. The Morgan fingerprint density at radius 1 is 1.12 bits per heavy atom. The Balaban J connectivity index is 1.97. The maximum Gasteiger partial charge on any atom is 0.329 e. The second kappa shape index (κ2) is 6.75. The van der Waals surface area contributed by atoms with Gasteiger partial charge in [0.1, 0.15) is 6.04 Å².